The van der Waals surface area contributed by atoms with E-state index in [1.807, 2.05) is 37.4 Å². The molecule has 4 heteroatoms. The first-order chi connectivity index (χ1) is 6.20. The van der Waals surface area contributed by atoms with Gasteiger partial charge >= 0.3 is 0 Å². The van der Waals surface area contributed by atoms with Crippen LogP contribution in [-0.4, -0.2) is 19.4 Å². The van der Waals surface area contributed by atoms with Crippen LogP contribution in [0.3, 0.4) is 0 Å². The Morgan fingerprint density at radius 2 is 1.93 bits per heavy atom. The lowest BCUT2D eigenvalue weighted by Crippen LogP contribution is -2.23. The Bertz CT molecular complexity index is 274. The van der Waals surface area contributed by atoms with Crippen LogP contribution in [0.2, 0.25) is 0 Å². The lowest BCUT2D eigenvalue weighted by atomic mass is 10.3. The van der Waals surface area contributed by atoms with Crippen molar-refractivity contribution in [3.63, 3.8) is 0 Å². The van der Waals surface area contributed by atoms with Crippen LogP contribution in [0.25, 0.3) is 0 Å². The van der Waals surface area contributed by atoms with Crippen molar-refractivity contribution in [1.29, 1.82) is 5.41 Å². The van der Waals surface area contributed by atoms with E-state index in [2.05, 4.69) is 4.90 Å². The van der Waals surface area contributed by atoms with Gasteiger partial charge in [0.15, 0.2) is 0 Å². The Morgan fingerprint density at radius 3 is 2.43 bits per heavy atom. The minimum Gasteiger partial charge on any atom is -0.388 e. The molecule has 0 heterocycles. The van der Waals surface area contributed by atoms with Crippen molar-refractivity contribution in [2.75, 3.05) is 18.5 Å². The highest BCUT2D eigenvalue weighted by molar-refractivity contribution is 5.85. The molecule has 0 spiro atoms. The molecule has 0 fully saturated rings. The van der Waals surface area contributed by atoms with E-state index >= 15 is 0 Å². The molecule has 0 radical (unpaired) electrons. The average Bonchev–Trinajstić information content (AvgIpc) is 2.15. The predicted octanol–water partition coefficient (Wildman–Crippen LogP) is 1.87. The molecule has 3 N–H and O–H groups in total. The maximum atomic E-state index is 7.10. The van der Waals surface area contributed by atoms with Gasteiger partial charge in [0.25, 0.3) is 0 Å². The van der Waals surface area contributed by atoms with Crippen molar-refractivity contribution < 1.29 is 0 Å². The first-order valence-corrected chi connectivity index (χ1v) is 4.29. The molecular formula is C10H16ClN3. The van der Waals surface area contributed by atoms with Gasteiger partial charge in [-0.2, -0.15) is 0 Å². The highest BCUT2D eigenvalue weighted by Crippen LogP contribution is 2.10. The topological polar surface area (TPSA) is 53.1 Å². The standard InChI is InChI=1S/C10H15N3.ClH/c1-13(8-7-10(11)12)9-5-3-2-4-6-9;/h2-6H,7-8H2,1H3,(H3,11,12);1H. The van der Waals surface area contributed by atoms with E-state index in [4.69, 9.17) is 11.1 Å². The van der Waals surface area contributed by atoms with Crippen LogP contribution in [0.5, 0.6) is 0 Å². The summed E-state index contributed by atoms with van der Waals surface area (Å²) < 4.78 is 0. The molecule has 0 aliphatic heterocycles. The van der Waals surface area contributed by atoms with Crippen LogP contribution in [0.4, 0.5) is 5.69 Å². The molecule has 0 unspecified atom stereocenters. The second-order valence-corrected chi connectivity index (χ2v) is 3.03. The number of hydrogen-bond acceptors (Lipinski definition) is 2. The summed E-state index contributed by atoms with van der Waals surface area (Å²) in [5.41, 5.74) is 6.43. The van der Waals surface area contributed by atoms with Crippen molar-refractivity contribution in [2.45, 2.75) is 6.42 Å². The highest BCUT2D eigenvalue weighted by atomic mass is 35.5. The molecule has 0 aliphatic carbocycles. The summed E-state index contributed by atoms with van der Waals surface area (Å²) in [4.78, 5) is 2.08. The zero-order valence-corrected chi connectivity index (χ0v) is 9.05. The van der Waals surface area contributed by atoms with Crippen LogP contribution in [0.15, 0.2) is 30.3 Å². The Morgan fingerprint density at radius 1 is 1.36 bits per heavy atom. The van der Waals surface area contributed by atoms with E-state index in [9.17, 15) is 0 Å². The highest BCUT2D eigenvalue weighted by Gasteiger charge is 1.99. The van der Waals surface area contributed by atoms with E-state index in [1.54, 1.807) is 0 Å². The Hall–Kier alpha value is -1.22. The van der Waals surface area contributed by atoms with Gasteiger partial charge in [-0.3, -0.25) is 5.41 Å². The van der Waals surface area contributed by atoms with Crippen molar-refractivity contribution in [3.05, 3.63) is 30.3 Å². The first kappa shape index (κ1) is 12.8. The molecule has 0 aromatic heterocycles. The summed E-state index contributed by atoms with van der Waals surface area (Å²) in [7, 11) is 2.00. The molecule has 0 bridgehead atoms. The van der Waals surface area contributed by atoms with E-state index in [1.165, 1.54) is 0 Å². The molecule has 0 aliphatic rings. The monoisotopic (exact) mass is 213 g/mol. The van der Waals surface area contributed by atoms with Crippen molar-refractivity contribution in [1.82, 2.24) is 0 Å². The number of para-hydroxylation sites is 1. The largest absolute Gasteiger partial charge is 0.388 e. The molecule has 0 saturated heterocycles. The molecule has 1 aromatic carbocycles. The van der Waals surface area contributed by atoms with Gasteiger partial charge < -0.3 is 10.6 Å². The minimum absolute atomic E-state index is 0. The molecule has 0 amide bonds. The maximum Gasteiger partial charge on any atom is 0.0923 e. The quantitative estimate of drug-likeness (QED) is 0.593. The fraction of sp³-hybridized carbons (Fsp3) is 0.300. The summed E-state index contributed by atoms with van der Waals surface area (Å²) in [5, 5.41) is 7.10. The van der Waals surface area contributed by atoms with E-state index in [0.717, 1.165) is 12.2 Å². The summed E-state index contributed by atoms with van der Waals surface area (Å²) in [6.07, 6.45) is 0.616. The summed E-state index contributed by atoms with van der Waals surface area (Å²) in [6.45, 7) is 0.791. The second kappa shape index (κ2) is 6.27. The van der Waals surface area contributed by atoms with Crippen LogP contribution < -0.4 is 10.6 Å². The normalized spacial score (nSPS) is 8.93. The van der Waals surface area contributed by atoms with Gasteiger partial charge in [0, 0.05) is 25.7 Å². The number of nitrogens with zero attached hydrogens (tertiary/aromatic N) is 1. The fourth-order valence-corrected chi connectivity index (χ4v) is 1.10. The van der Waals surface area contributed by atoms with Crippen molar-refractivity contribution in [3.8, 4) is 0 Å². The number of nitrogens with one attached hydrogen (secondary N) is 1. The summed E-state index contributed by atoms with van der Waals surface area (Å²) in [6, 6.07) is 10.1. The summed E-state index contributed by atoms with van der Waals surface area (Å²) in [5.74, 6) is 0.239. The van der Waals surface area contributed by atoms with Gasteiger partial charge in [0.1, 0.15) is 0 Å². The van der Waals surface area contributed by atoms with E-state index in [0.29, 0.717) is 6.42 Å². The third-order valence-electron chi connectivity index (χ3n) is 1.91. The minimum atomic E-state index is 0. The Balaban J connectivity index is 0.00000169. The lowest BCUT2D eigenvalue weighted by Gasteiger charge is -2.18. The summed E-state index contributed by atoms with van der Waals surface area (Å²) >= 11 is 0. The third-order valence-corrected chi connectivity index (χ3v) is 1.91. The van der Waals surface area contributed by atoms with Gasteiger partial charge in [0.05, 0.1) is 5.84 Å². The number of anilines is 1. The van der Waals surface area contributed by atoms with E-state index < -0.39 is 0 Å². The molecule has 14 heavy (non-hydrogen) atoms. The molecule has 1 aromatic rings. The predicted molar refractivity (Wildman–Crippen MR) is 63.5 cm³/mol. The molecule has 0 saturated carbocycles. The number of halogens is 1. The first-order valence-electron chi connectivity index (χ1n) is 4.29. The maximum absolute atomic E-state index is 7.10. The number of hydrogen-bond donors (Lipinski definition) is 2. The second-order valence-electron chi connectivity index (χ2n) is 3.03. The smallest absolute Gasteiger partial charge is 0.0923 e. The van der Waals surface area contributed by atoms with Crippen LogP contribution in [0.1, 0.15) is 6.42 Å². The number of amidine groups is 1. The van der Waals surface area contributed by atoms with Gasteiger partial charge in [-0.1, -0.05) is 18.2 Å². The molecule has 0 atom stereocenters. The Labute approximate surface area is 90.8 Å². The zero-order chi connectivity index (χ0) is 9.68. The lowest BCUT2D eigenvalue weighted by molar-refractivity contribution is 0.911. The van der Waals surface area contributed by atoms with Crippen molar-refractivity contribution in [2.24, 2.45) is 5.73 Å². The van der Waals surface area contributed by atoms with Crippen LogP contribution in [-0.2, 0) is 0 Å². The number of rotatable bonds is 4. The Kier molecular flexibility index (Phi) is 5.72. The fourth-order valence-electron chi connectivity index (χ4n) is 1.10. The van der Waals surface area contributed by atoms with Gasteiger partial charge in [-0.25, -0.2) is 0 Å². The average molecular weight is 214 g/mol. The molecule has 78 valence electrons. The van der Waals surface area contributed by atoms with Gasteiger partial charge in [-0.05, 0) is 12.1 Å². The van der Waals surface area contributed by atoms with Gasteiger partial charge in [-0.15, -0.1) is 12.4 Å². The molecule has 3 nitrogen and oxygen atoms in total. The number of nitrogens with two attached hydrogens (primary N) is 1. The van der Waals surface area contributed by atoms with E-state index in [-0.39, 0.29) is 18.2 Å². The SMILES string of the molecule is CN(CCC(=N)N)c1ccccc1.Cl. The number of benzene rings is 1. The molecular weight excluding hydrogens is 198 g/mol. The van der Waals surface area contributed by atoms with Crippen molar-refractivity contribution >= 4 is 23.9 Å². The zero-order valence-electron chi connectivity index (χ0n) is 8.23. The van der Waals surface area contributed by atoms with Gasteiger partial charge in [0.2, 0.25) is 0 Å². The van der Waals surface area contributed by atoms with Crippen LogP contribution >= 0.6 is 12.4 Å². The molecule has 1 rings (SSSR count). The third kappa shape index (κ3) is 4.14. The van der Waals surface area contributed by atoms with Crippen LogP contribution in [0, 0.1) is 5.41 Å².